The van der Waals surface area contributed by atoms with Gasteiger partial charge in [0.2, 0.25) is 5.91 Å². The molecule has 1 heterocycles. The Morgan fingerprint density at radius 2 is 2.00 bits per heavy atom. The largest absolute Gasteiger partial charge is 0.373 e. The van der Waals surface area contributed by atoms with Crippen LogP contribution in [-0.2, 0) is 16.1 Å². The van der Waals surface area contributed by atoms with Gasteiger partial charge >= 0.3 is 0 Å². The van der Waals surface area contributed by atoms with Gasteiger partial charge in [0.1, 0.15) is 0 Å². The lowest BCUT2D eigenvalue weighted by atomic mass is 10.1. The molecule has 0 saturated carbocycles. The molecule has 122 valence electrons. The van der Waals surface area contributed by atoms with Gasteiger partial charge in [0.15, 0.2) is 0 Å². The second-order valence-corrected chi connectivity index (χ2v) is 6.00. The molecule has 1 aromatic carbocycles. The predicted molar refractivity (Wildman–Crippen MR) is 88.6 cm³/mol. The number of ether oxygens (including phenoxy) is 1. The molecular formula is C18H28N2O2. The highest BCUT2D eigenvalue weighted by Gasteiger charge is 2.26. The number of rotatable bonds is 7. The third-order valence-corrected chi connectivity index (χ3v) is 4.28. The monoisotopic (exact) mass is 304 g/mol. The van der Waals surface area contributed by atoms with Crippen LogP contribution in [0.5, 0.6) is 0 Å². The Balaban J connectivity index is 1.70. The number of carbonyl (C=O) groups is 1. The molecule has 1 aromatic rings. The molecule has 0 radical (unpaired) electrons. The Bertz CT molecular complexity index is 442. The number of piperidine rings is 1. The molecule has 1 aliphatic rings. The highest BCUT2D eigenvalue weighted by atomic mass is 16.5. The Kier molecular flexibility index (Phi) is 6.87. The van der Waals surface area contributed by atoms with Crippen LogP contribution >= 0.6 is 0 Å². The summed E-state index contributed by atoms with van der Waals surface area (Å²) in [6, 6.07) is 10.2. The quantitative estimate of drug-likeness (QED) is 0.842. The van der Waals surface area contributed by atoms with Crippen molar-refractivity contribution in [2.75, 3.05) is 19.6 Å². The highest BCUT2D eigenvalue weighted by molar-refractivity contribution is 5.81. The van der Waals surface area contributed by atoms with Gasteiger partial charge in [-0.2, -0.15) is 0 Å². The maximum atomic E-state index is 12.0. The smallest absolute Gasteiger partial charge is 0.237 e. The van der Waals surface area contributed by atoms with Gasteiger partial charge in [0.25, 0.3) is 0 Å². The molecule has 0 spiro atoms. The Morgan fingerprint density at radius 1 is 1.32 bits per heavy atom. The Labute approximate surface area is 133 Å². The second kappa shape index (κ2) is 8.91. The maximum absolute atomic E-state index is 12.0. The van der Waals surface area contributed by atoms with Crippen LogP contribution < -0.4 is 5.32 Å². The fourth-order valence-electron chi connectivity index (χ4n) is 2.78. The molecule has 1 amide bonds. The van der Waals surface area contributed by atoms with Gasteiger partial charge in [-0.05, 0) is 31.7 Å². The number of hydrogen-bond donors (Lipinski definition) is 1. The first kappa shape index (κ1) is 17.0. The summed E-state index contributed by atoms with van der Waals surface area (Å²) in [6.07, 6.45) is 3.28. The molecule has 0 aromatic heterocycles. The van der Waals surface area contributed by atoms with Gasteiger partial charge in [0, 0.05) is 19.6 Å². The zero-order chi connectivity index (χ0) is 15.8. The van der Waals surface area contributed by atoms with Gasteiger partial charge in [-0.3, -0.25) is 9.69 Å². The lowest BCUT2D eigenvalue weighted by molar-refractivity contribution is -0.127. The number of likely N-dealkylation sites (tertiary alicyclic amines) is 1. The zero-order valence-corrected chi connectivity index (χ0v) is 13.8. The summed E-state index contributed by atoms with van der Waals surface area (Å²) in [5.74, 6) is 0.144. The van der Waals surface area contributed by atoms with Crippen LogP contribution in [-0.4, -0.2) is 42.6 Å². The second-order valence-electron chi connectivity index (χ2n) is 6.00. The minimum atomic E-state index is -0.0402. The molecular weight excluding hydrogens is 276 g/mol. The predicted octanol–water partition coefficient (Wildman–Crippen LogP) is 2.58. The summed E-state index contributed by atoms with van der Waals surface area (Å²) in [6.45, 7) is 7.37. The first-order valence-electron chi connectivity index (χ1n) is 8.38. The fraction of sp³-hybridized carbons (Fsp3) is 0.611. The van der Waals surface area contributed by atoms with Gasteiger partial charge in [-0.15, -0.1) is 0 Å². The summed E-state index contributed by atoms with van der Waals surface area (Å²) in [4.78, 5) is 14.3. The highest BCUT2D eigenvalue weighted by Crippen LogP contribution is 2.17. The van der Waals surface area contributed by atoms with E-state index in [1.807, 2.05) is 25.1 Å². The van der Waals surface area contributed by atoms with Crippen molar-refractivity contribution in [2.24, 2.45) is 0 Å². The van der Waals surface area contributed by atoms with Crippen LogP contribution in [0, 0.1) is 0 Å². The number of nitrogens with one attached hydrogen (secondary N) is 1. The van der Waals surface area contributed by atoms with E-state index < -0.39 is 0 Å². The maximum Gasteiger partial charge on any atom is 0.237 e. The molecule has 4 nitrogen and oxygen atoms in total. The average Bonchev–Trinajstić information content (AvgIpc) is 2.58. The normalized spacial score (nSPS) is 18.1. The van der Waals surface area contributed by atoms with Crippen molar-refractivity contribution in [3.8, 4) is 0 Å². The van der Waals surface area contributed by atoms with E-state index in [1.165, 1.54) is 5.56 Å². The molecule has 0 aliphatic carbocycles. The Morgan fingerprint density at radius 3 is 2.64 bits per heavy atom. The standard InChI is InChI=1S/C18H28N2O2/c1-3-11-19-18(21)15(2)20-12-9-17(10-13-20)22-14-16-7-5-4-6-8-16/h4-8,15,17H,3,9-14H2,1-2H3,(H,19,21). The van der Waals surface area contributed by atoms with E-state index in [1.54, 1.807) is 0 Å². The van der Waals surface area contributed by atoms with Crippen molar-refractivity contribution in [2.45, 2.75) is 51.9 Å². The molecule has 2 rings (SSSR count). The lowest BCUT2D eigenvalue weighted by Gasteiger charge is -2.35. The van der Waals surface area contributed by atoms with Crippen LogP contribution in [0.4, 0.5) is 0 Å². The van der Waals surface area contributed by atoms with E-state index in [2.05, 4.69) is 29.3 Å². The molecule has 1 N–H and O–H groups in total. The molecule has 1 unspecified atom stereocenters. The summed E-state index contributed by atoms with van der Waals surface area (Å²) in [5.41, 5.74) is 1.22. The third kappa shape index (κ3) is 5.11. The average molecular weight is 304 g/mol. The first-order chi connectivity index (χ1) is 10.7. The van der Waals surface area contributed by atoms with Gasteiger partial charge in [0.05, 0.1) is 18.8 Å². The van der Waals surface area contributed by atoms with Crippen molar-refractivity contribution in [1.82, 2.24) is 10.2 Å². The minimum Gasteiger partial charge on any atom is -0.373 e. The van der Waals surface area contributed by atoms with E-state index in [-0.39, 0.29) is 11.9 Å². The van der Waals surface area contributed by atoms with E-state index >= 15 is 0 Å². The number of carbonyl (C=O) groups excluding carboxylic acids is 1. The van der Waals surface area contributed by atoms with E-state index in [0.717, 1.165) is 38.9 Å². The lowest BCUT2D eigenvalue weighted by Crippen LogP contribution is -2.49. The van der Waals surface area contributed by atoms with Crippen molar-refractivity contribution in [3.05, 3.63) is 35.9 Å². The molecule has 1 aliphatic heterocycles. The van der Waals surface area contributed by atoms with Crippen LogP contribution in [0.3, 0.4) is 0 Å². The topological polar surface area (TPSA) is 41.6 Å². The first-order valence-corrected chi connectivity index (χ1v) is 8.38. The van der Waals surface area contributed by atoms with E-state index in [9.17, 15) is 4.79 Å². The Hall–Kier alpha value is -1.39. The van der Waals surface area contributed by atoms with E-state index in [4.69, 9.17) is 4.74 Å². The summed E-state index contributed by atoms with van der Waals surface area (Å²) >= 11 is 0. The molecule has 1 atom stereocenters. The van der Waals surface area contributed by atoms with Crippen molar-refractivity contribution < 1.29 is 9.53 Å². The molecule has 4 heteroatoms. The summed E-state index contributed by atoms with van der Waals surface area (Å²) in [7, 11) is 0. The number of benzene rings is 1. The van der Waals surface area contributed by atoms with Crippen LogP contribution in [0.15, 0.2) is 30.3 Å². The fourth-order valence-corrected chi connectivity index (χ4v) is 2.78. The zero-order valence-electron chi connectivity index (χ0n) is 13.8. The third-order valence-electron chi connectivity index (χ3n) is 4.28. The van der Waals surface area contributed by atoms with Crippen LogP contribution in [0.25, 0.3) is 0 Å². The van der Waals surface area contributed by atoms with Crippen molar-refractivity contribution in [1.29, 1.82) is 0 Å². The van der Waals surface area contributed by atoms with Crippen molar-refractivity contribution >= 4 is 5.91 Å². The summed E-state index contributed by atoms with van der Waals surface area (Å²) < 4.78 is 6.00. The SMILES string of the molecule is CCCNC(=O)C(C)N1CCC(OCc2ccccc2)CC1. The minimum absolute atomic E-state index is 0.0402. The summed E-state index contributed by atoms with van der Waals surface area (Å²) in [5, 5.41) is 2.98. The molecule has 0 bridgehead atoms. The number of nitrogens with zero attached hydrogens (tertiary/aromatic N) is 1. The van der Waals surface area contributed by atoms with Gasteiger partial charge in [-0.25, -0.2) is 0 Å². The molecule has 1 saturated heterocycles. The van der Waals surface area contributed by atoms with Gasteiger partial charge < -0.3 is 10.1 Å². The van der Waals surface area contributed by atoms with Crippen molar-refractivity contribution in [3.63, 3.8) is 0 Å². The van der Waals surface area contributed by atoms with Gasteiger partial charge in [-0.1, -0.05) is 37.3 Å². The molecule has 1 fully saturated rings. The van der Waals surface area contributed by atoms with Crippen LogP contribution in [0.2, 0.25) is 0 Å². The van der Waals surface area contributed by atoms with E-state index in [0.29, 0.717) is 12.7 Å². The molecule has 22 heavy (non-hydrogen) atoms. The number of amides is 1. The van der Waals surface area contributed by atoms with Crippen LogP contribution in [0.1, 0.15) is 38.7 Å². The number of hydrogen-bond acceptors (Lipinski definition) is 3.